The van der Waals surface area contributed by atoms with E-state index in [2.05, 4.69) is 26.2 Å². The van der Waals surface area contributed by atoms with Crippen molar-refractivity contribution in [1.29, 1.82) is 0 Å². The number of phenolic OH excluding ortho intramolecular Hbond substituents is 2. The average molecular weight is 311 g/mol. The second-order valence-corrected chi connectivity index (χ2v) is 5.27. The third-order valence-corrected chi connectivity index (χ3v) is 3.99. The van der Waals surface area contributed by atoms with Gasteiger partial charge in [-0.15, -0.1) is 0 Å². The molecule has 1 atom stereocenters. The van der Waals surface area contributed by atoms with Crippen LogP contribution in [0.15, 0.2) is 6.07 Å². The summed E-state index contributed by atoms with van der Waals surface area (Å²) >= 11 is 6.11. The van der Waals surface area contributed by atoms with Crippen molar-refractivity contribution in [2.45, 2.75) is 12.5 Å². The largest absolute Gasteiger partial charge is 0.504 e. The number of halogens is 1. The van der Waals surface area contributed by atoms with E-state index in [0.29, 0.717) is 18.9 Å². The first-order valence-electron chi connectivity index (χ1n) is 6.50. The Kier molecular flexibility index (Phi) is 3.56. The Hall–Kier alpha value is -2.06. The third-order valence-electron chi connectivity index (χ3n) is 3.58. The Morgan fingerprint density at radius 2 is 2.33 bits per heavy atom. The maximum absolute atomic E-state index is 9.75. The lowest BCUT2D eigenvalue weighted by Gasteiger charge is -2.28. The van der Waals surface area contributed by atoms with Gasteiger partial charge in [-0.2, -0.15) is 0 Å². The molecule has 1 aromatic carbocycles. The molecule has 0 spiro atoms. The Morgan fingerprint density at radius 3 is 3.05 bits per heavy atom. The third kappa shape index (κ3) is 2.47. The molecule has 0 fully saturated rings. The van der Waals surface area contributed by atoms with E-state index in [-0.39, 0.29) is 22.6 Å². The van der Waals surface area contributed by atoms with Gasteiger partial charge in [-0.3, -0.25) is 0 Å². The van der Waals surface area contributed by atoms with Gasteiger partial charge in [0.05, 0.1) is 11.1 Å². The van der Waals surface area contributed by atoms with E-state index in [4.69, 9.17) is 11.6 Å². The fourth-order valence-electron chi connectivity index (χ4n) is 2.49. The molecule has 0 aliphatic carbocycles. The number of aromatic hydroxyl groups is 2. The van der Waals surface area contributed by atoms with Crippen LogP contribution >= 0.6 is 11.6 Å². The Balaban J connectivity index is 1.85. The van der Waals surface area contributed by atoms with Gasteiger partial charge in [-0.1, -0.05) is 16.7 Å². The molecule has 0 saturated heterocycles. The lowest BCUT2D eigenvalue weighted by Crippen LogP contribution is -2.34. The van der Waals surface area contributed by atoms with Crippen LogP contribution in [-0.4, -0.2) is 43.5 Å². The molecule has 0 radical (unpaired) electrons. The Bertz CT molecular complexity index is 674. The number of aryl methyl sites for hydroxylation is 1. The van der Waals surface area contributed by atoms with Crippen LogP contribution < -0.4 is 10.6 Å². The van der Waals surface area contributed by atoms with Gasteiger partial charge in [-0.25, -0.2) is 4.68 Å². The van der Waals surface area contributed by atoms with Crippen LogP contribution in [0.5, 0.6) is 11.5 Å². The zero-order chi connectivity index (χ0) is 15.0. The standard InChI is InChI=1S/C12H15ClN6O2/c1-19-12(16-17-18-19)15-5-8-7-4-9(20)11(21)10(13)6(7)2-3-14-8/h4,8,14,20-21H,2-3,5H2,1H3,(H,15,16,18). The minimum Gasteiger partial charge on any atom is -0.504 e. The summed E-state index contributed by atoms with van der Waals surface area (Å²) < 4.78 is 1.53. The number of aromatic nitrogens is 4. The van der Waals surface area contributed by atoms with Crippen LogP contribution in [0, 0.1) is 0 Å². The molecule has 4 N–H and O–H groups in total. The molecule has 1 aliphatic heterocycles. The van der Waals surface area contributed by atoms with Crippen molar-refractivity contribution >= 4 is 17.5 Å². The number of nitrogens with zero attached hydrogens (tertiary/aromatic N) is 4. The minimum absolute atomic E-state index is 0.0607. The van der Waals surface area contributed by atoms with E-state index in [9.17, 15) is 10.2 Å². The summed E-state index contributed by atoms with van der Waals surface area (Å²) in [6, 6.07) is 1.48. The average Bonchev–Trinajstić information content (AvgIpc) is 2.88. The first-order chi connectivity index (χ1) is 10.1. The quantitative estimate of drug-likeness (QED) is 0.614. The van der Waals surface area contributed by atoms with Crippen molar-refractivity contribution in [2.75, 3.05) is 18.4 Å². The van der Waals surface area contributed by atoms with Crippen molar-refractivity contribution in [3.05, 3.63) is 22.2 Å². The lowest BCUT2D eigenvalue weighted by molar-refractivity contribution is 0.399. The maximum atomic E-state index is 9.75. The number of nitrogens with one attached hydrogen (secondary N) is 2. The highest BCUT2D eigenvalue weighted by Gasteiger charge is 2.25. The maximum Gasteiger partial charge on any atom is 0.242 e. The number of rotatable bonds is 3. The van der Waals surface area contributed by atoms with Crippen molar-refractivity contribution in [1.82, 2.24) is 25.5 Å². The summed E-state index contributed by atoms with van der Waals surface area (Å²) in [5.41, 5.74) is 1.72. The Labute approximate surface area is 125 Å². The van der Waals surface area contributed by atoms with E-state index in [1.165, 1.54) is 4.68 Å². The monoisotopic (exact) mass is 310 g/mol. The van der Waals surface area contributed by atoms with Crippen molar-refractivity contribution in [3.8, 4) is 11.5 Å². The molecule has 0 bridgehead atoms. The number of tetrazole rings is 1. The van der Waals surface area contributed by atoms with Gasteiger partial charge in [0.25, 0.3) is 0 Å². The van der Waals surface area contributed by atoms with Crippen molar-refractivity contribution in [2.24, 2.45) is 7.05 Å². The van der Waals surface area contributed by atoms with E-state index in [1.54, 1.807) is 13.1 Å². The van der Waals surface area contributed by atoms with Crippen LogP contribution in [0.2, 0.25) is 5.02 Å². The second-order valence-electron chi connectivity index (χ2n) is 4.89. The van der Waals surface area contributed by atoms with Crippen LogP contribution in [0.25, 0.3) is 0 Å². The highest BCUT2D eigenvalue weighted by atomic mass is 35.5. The molecule has 1 aromatic heterocycles. The second kappa shape index (κ2) is 5.38. The molecule has 9 heteroatoms. The molecule has 1 unspecified atom stereocenters. The SMILES string of the molecule is Cn1nnnc1NCC1NCCc2c1cc(O)c(O)c2Cl. The summed E-state index contributed by atoms with van der Waals surface area (Å²) in [6.07, 6.45) is 0.698. The summed E-state index contributed by atoms with van der Waals surface area (Å²) in [6.45, 7) is 1.27. The number of phenols is 2. The van der Waals surface area contributed by atoms with Gasteiger partial charge in [0.1, 0.15) is 0 Å². The van der Waals surface area contributed by atoms with Gasteiger partial charge in [0.2, 0.25) is 5.95 Å². The van der Waals surface area contributed by atoms with E-state index < -0.39 is 0 Å². The fraction of sp³-hybridized carbons (Fsp3) is 0.417. The van der Waals surface area contributed by atoms with Crippen molar-refractivity contribution in [3.63, 3.8) is 0 Å². The first kappa shape index (κ1) is 13.9. The molecule has 112 valence electrons. The van der Waals surface area contributed by atoms with E-state index >= 15 is 0 Å². The van der Waals surface area contributed by atoms with Crippen LogP contribution in [-0.2, 0) is 13.5 Å². The van der Waals surface area contributed by atoms with Crippen LogP contribution in [0.3, 0.4) is 0 Å². The molecular weight excluding hydrogens is 296 g/mol. The normalized spacial score (nSPS) is 17.5. The van der Waals surface area contributed by atoms with Gasteiger partial charge in [0.15, 0.2) is 11.5 Å². The molecule has 3 rings (SSSR count). The zero-order valence-electron chi connectivity index (χ0n) is 11.3. The highest BCUT2D eigenvalue weighted by Crippen LogP contribution is 2.41. The number of hydrogen-bond donors (Lipinski definition) is 4. The lowest BCUT2D eigenvalue weighted by atomic mass is 9.93. The number of fused-ring (bicyclic) bond motifs is 1. The number of benzene rings is 1. The summed E-state index contributed by atoms with van der Waals surface area (Å²) in [4.78, 5) is 0. The molecule has 1 aliphatic rings. The van der Waals surface area contributed by atoms with Crippen LogP contribution in [0.1, 0.15) is 17.2 Å². The van der Waals surface area contributed by atoms with Crippen molar-refractivity contribution < 1.29 is 10.2 Å². The highest BCUT2D eigenvalue weighted by molar-refractivity contribution is 6.33. The number of hydrogen-bond acceptors (Lipinski definition) is 7. The molecular formula is C12H15ClN6O2. The summed E-state index contributed by atoms with van der Waals surface area (Å²) in [7, 11) is 1.74. The molecule has 0 amide bonds. The molecule has 0 saturated carbocycles. The minimum atomic E-state index is -0.262. The molecule has 2 aromatic rings. The van der Waals surface area contributed by atoms with E-state index in [0.717, 1.165) is 17.7 Å². The summed E-state index contributed by atoms with van der Waals surface area (Å²) in [5.74, 6) is 0.0762. The Morgan fingerprint density at radius 1 is 1.52 bits per heavy atom. The van der Waals surface area contributed by atoms with Gasteiger partial charge in [0, 0.05) is 13.6 Å². The molecule has 21 heavy (non-hydrogen) atoms. The first-order valence-corrected chi connectivity index (χ1v) is 6.88. The summed E-state index contributed by atoms with van der Waals surface area (Å²) in [5, 5.41) is 37.3. The van der Waals surface area contributed by atoms with Crippen LogP contribution in [0.4, 0.5) is 5.95 Å². The fourth-order valence-corrected chi connectivity index (χ4v) is 2.79. The smallest absolute Gasteiger partial charge is 0.242 e. The molecule has 8 nitrogen and oxygen atoms in total. The van der Waals surface area contributed by atoms with Gasteiger partial charge in [-0.05, 0) is 40.6 Å². The van der Waals surface area contributed by atoms with Gasteiger partial charge < -0.3 is 20.8 Å². The topological polar surface area (TPSA) is 108 Å². The number of anilines is 1. The predicted octanol–water partition coefficient (Wildman–Crippen LogP) is 0.574. The zero-order valence-corrected chi connectivity index (χ0v) is 12.1. The van der Waals surface area contributed by atoms with Gasteiger partial charge >= 0.3 is 0 Å². The van der Waals surface area contributed by atoms with E-state index in [1.807, 2.05) is 0 Å². The molecule has 2 heterocycles. The predicted molar refractivity (Wildman–Crippen MR) is 76.5 cm³/mol.